The van der Waals surface area contributed by atoms with Crippen LogP contribution in [0.2, 0.25) is 0 Å². The van der Waals surface area contributed by atoms with Gasteiger partial charge in [-0.2, -0.15) is 0 Å². The standard InChI is InChI=1S/C17H32N2O2/c1-6-10-18(11-7-2)15(20)14-9-8-12-19(13-14)16(21)17(3,4)5/h14H,6-13H2,1-5H3/t14-/m1/s1. The molecule has 0 saturated carbocycles. The second-order valence-corrected chi connectivity index (χ2v) is 7.17. The quantitative estimate of drug-likeness (QED) is 0.782. The molecule has 1 aliphatic rings. The Morgan fingerprint density at radius 1 is 1.14 bits per heavy atom. The van der Waals surface area contributed by atoms with Gasteiger partial charge >= 0.3 is 0 Å². The van der Waals surface area contributed by atoms with Crippen molar-refractivity contribution in [3.05, 3.63) is 0 Å². The minimum Gasteiger partial charge on any atom is -0.342 e. The lowest BCUT2D eigenvalue weighted by atomic mass is 9.90. The van der Waals surface area contributed by atoms with Gasteiger partial charge in [-0.25, -0.2) is 0 Å². The number of carbonyl (C=O) groups is 2. The van der Waals surface area contributed by atoms with Gasteiger partial charge in [0, 0.05) is 31.6 Å². The molecule has 1 rings (SSSR count). The maximum absolute atomic E-state index is 12.7. The van der Waals surface area contributed by atoms with Crippen molar-refractivity contribution in [3.8, 4) is 0 Å². The molecule has 1 atom stereocenters. The van der Waals surface area contributed by atoms with E-state index in [9.17, 15) is 9.59 Å². The van der Waals surface area contributed by atoms with E-state index >= 15 is 0 Å². The Morgan fingerprint density at radius 3 is 2.19 bits per heavy atom. The molecule has 0 aromatic carbocycles. The second kappa shape index (κ2) is 7.81. The molecule has 0 unspecified atom stereocenters. The molecule has 0 aliphatic carbocycles. The molecule has 0 spiro atoms. The molecule has 4 heteroatoms. The van der Waals surface area contributed by atoms with Gasteiger partial charge in [0.1, 0.15) is 0 Å². The van der Waals surface area contributed by atoms with E-state index in [0.29, 0.717) is 6.54 Å². The average molecular weight is 296 g/mol. The Hall–Kier alpha value is -1.06. The number of carbonyl (C=O) groups excluding carboxylic acids is 2. The van der Waals surface area contributed by atoms with Crippen molar-refractivity contribution >= 4 is 11.8 Å². The summed E-state index contributed by atoms with van der Waals surface area (Å²) in [5, 5.41) is 0. The number of hydrogen-bond acceptors (Lipinski definition) is 2. The molecule has 1 saturated heterocycles. The van der Waals surface area contributed by atoms with Crippen LogP contribution in [0.3, 0.4) is 0 Å². The Balaban J connectivity index is 2.70. The molecule has 1 fully saturated rings. The van der Waals surface area contributed by atoms with Gasteiger partial charge in [-0.15, -0.1) is 0 Å². The highest BCUT2D eigenvalue weighted by atomic mass is 16.2. The molecule has 2 amide bonds. The van der Waals surface area contributed by atoms with Crippen LogP contribution in [-0.4, -0.2) is 47.8 Å². The first-order valence-corrected chi connectivity index (χ1v) is 8.39. The van der Waals surface area contributed by atoms with Crippen molar-refractivity contribution in [3.63, 3.8) is 0 Å². The first-order chi connectivity index (χ1) is 9.81. The molecule has 0 N–H and O–H groups in total. The highest BCUT2D eigenvalue weighted by molar-refractivity contribution is 5.84. The van der Waals surface area contributed by atoms with Crippen LogP contribution in [0.5, 0.6) is 0 Å². The minimum atomic E-state index is -0.364. The molecule has 0 radical (unpaired) electrons. The summed E-state index contributed by atoms with van der Waals surface area (Å²) in [5.41, 5.74) is -0.364. The van der Waals surface area contributed by atoms with Gasteiger partial charge in [0.15, 0.2) is 0 Å². The average Bonchev–Trinajstić information content (AvgIpc) is 2.44. The molecule has 122 valence electrons. The van der Waals surface area contributed by atoms with Crippen molar-refractivity contribution in [1.82, 2.24) is 9.80 Å². The van der Waals surface area contributed by atoms with Crippen LogP contribution < -0.4 is 0 Å². The summed E-state index contributed by atoms with van der Waals surface area (Å²) < 4.78 is 0. The van der Waals surface area contributed by atoms with E-state index in [1.165, 1.54) is 0 Å². The summed E-state index contributed by atoms with van der Waals surface area (Å²) >= 11 is 0. The normalized spacial score (nSPS) is 19.5. The zero-order chi connectivity index (χ0) is 16.0. The molecule has 0 bridgehead atoms. The summed E-state index contributed by atoms with van der Waals surface area (Å²) in [6.45, 7) is 13.1. The summed E-state index contributed by atoms with van der Waals surface area (Å²) in [4.78, 5) is 29.0. The third-order valence-corrected chi connectivity index (χ3v) is 4.00. The smallest absolute Gasteiger partial charge is 0.227 e. The fourth-order valence-corrected chi connectivity index (χ4v) is 2.97. The van der Waals surface area contributed by atoms with E-state index in [4.69, 9.17) is 0 Å². The summed E-state index contributed by atoms with van der Waals surface area (Å²) in [7, 11) is 0. The van der Waals surface area contributed by atoms with Crippen molar-refractivity contribution < 1.29 is 9.59 Å². The Bertz CT molecular complexity index is 354. The Kier molecular flexibility index (Phi) is 6.69. The first kappa shape index (κ1) is 18.0. The van der Waals surface area contributed by atoms with Crippen molar-refractivity contribution in [2.75, 3.05) is 26.2 Å². The van der Waals surface area contributed by atoms with Crippen LogP contribution in [0, 0.1) is 11.3 Å². The molecule has 0 aromatic rings. The van der Waals surface area contributed by atoms with Crippen LogP contribution in [0.4, 0.5) is 0 Å². The highest BCUT2D eigenvalue weighted by Gasteiger charge is 2.34. The Morgan fingerprint density at radius 2 is 1.71 bits per heavy atom. The van der Waals surface area contributed by atoms with Crippen molar-refractivity contribution in [2.24, 2.45) is 11.3 Å². The molecular weight excluding hydrogens is 264 g/mol. The van der Waals surface area contributed by atoms with E-state index in [1.807, 2.05) is 30.6 Å². The maximum Gasteiger partial charge on any atom is 0.227 e. The number of likely N-dealkylation sites (tertiary alicyclic amines) is 1. The minimum absolute atomic E-state index is 0.0110. The van der Waals surface area contributed by atoms with Gasteiger partial charge in [0.05, 0.1) is 5.92 Å². The van der Waals surface area contributed by atoms with Crippen LogP contribution in [0.15, 0.2) is 0 Å². The summed E-state index contributed by atoms with van der Waals surface area (Å²) in [6, 6.07) is 0. The van der Waals surface area contributed by atoms with Crippen LogP contribution in [0.25, 0.3) is 0 Å². The molecule has 21 heavy (non-hydrogen) atoms. The number of rotatable bonds is 5. The fraction of sp³-hybridized carbons (Fsp3) is 0.882. The lowest BCUT2D eigenvalue weighted by molar-refractivity contribution is -0.145. The monoisotopic (exact) mass is 296 g/mol. The predicted octanol–water partition coefficient (Wildman–Crippen LogP) is 2.92. The summed E-state index contributed by atoms with van der Waals surface area (Å²) in [6.07, 6.45) is 3.83. The molecule has 1 aliphatic heterocycles. The van der Waals surface area contributed by atoms with Crippen molar-refractivity contribution in [2.45, 2.75) is 60.3 Å². The molecule has 4 nitrogen and oxygen atoms in total. The van der Waals surface area contributed by atoms with Gasteiger partial charge < -0.3 is 9.80 Å². The van der Waals surface area contributed by atoms with Gasteiger partial charge in [0.25, 0.3) is 0 Å². The number of nitrogens with zero attached hydrogens (tertiary/aromatic N) is 2. The predicted molar refractivity (Wildman–Crippen MR) is 85.9 cm³/mol. The number of piperidine rings is 1. The van der Waals surface area contributed by atoms with Crippen LogP contribution >= 0.6 is 0 Å². The lowest BCUT2D eigenvalue weighted by Gasteiger charge is -2.37. The van der Waals surface area contributed by atoms with Crippen molar-refractivity contribution in [1.29, 1.82) is 0 Å². The summed E-state index contributed by atoms with van der Waals surface area (Å²) in [5.74, 6) is 0.394. The van der Waals surface area contributed by atoms with Gasteiger partial charge in [-0.3, -0.25) is 9.59 Å². The van der Waals surface area contributed by atoms with Crippen LogP contribution in [-0.2, 0) is 9.59 Å². The zero-order valence-corrected chi connectivity index (χ0v) is 14.4. The van der Waals surface area contributed by atoms with E-state index < -0.39 is 0 Å². The Labute approximate surface area is 129 Å². The highest BCUT2D eigenvalue weighted by Crippen LogP contribution is 2.24. The topological polar surface area (TPSA) is 40.6 Å². The zero-order valence-electron chi connectivity index (χ0n) is 14.4. The molecule has 0 aromatic heterocycles. The second-order valence-electron chi connectivity index (χ2n) is 7.17. The van der Waals surface area contributed by atoms with Gasteiger partial charge in [-0.1, -0.05) is 34.6 Å². The third kappa shape index (κ3) is 5.01. The first-order valence-electron chi connectivity index (χ1n) is 8.39. The van der Waals surface area contributed by atoms with E-state index in [1.54, 1.807) is 0 Å². The van der Waals surface area contributed by atoms with Gasteiger partial charge in [-0.05, 0) is 25.7 Å². The SMILES string of the molecule is CCCN(CCC)C(=O)[C@@H]1CCCN(C(=O)C(C)(C)C)C1. The van der Waals surface area contributed by atoms with E-state index in [2.05, 4.69) is 13.8 Å². The third-order valence-electron chi connectivity index (χ3n) is 4.00. The maximum atomic E-state index is 12.7. The van der Waals surface area contributed by atoms with Gasteiger partial charge in [0.2, 0.25) is 11.8 Å². The number of hydrogen-bond donors (Lipinski definition) is 0. The molecule has 1 heterocycles. The van der Waals surface area contributed by atoms with E-state index in [-0.39, 0.29) is 23.1 Å². The number of amides is 2. The van der Waals surface area contributed by atoms with Crippen LogP contribution in [0.1, 0.15) is 60.3 Å². The largest absolute Gasteiger partial charge is 0.342 e. The molecular formula is C17H32N2O2. The lowest BCUT2D eigenvalue weighted by Crippen LogP contribution is -2.49. The van der Waals surface area contributed by atoms with E-state index in [0.717, 1.165) is 45.3 Å². The fourth-order valence-electron chi connectivity index (χ4n) is 2.97.